The van der Waals surface area contributed by atoms with Gasteiger partial charge in [0.2, 0.25) is 0 Å². The predicted molar refractivity (Wildman–Crippen MR) is 57.9 cm³/mol. The van der Waals surface area contributed by atoms with E-state index in [4.69, 9.17) is 5.41 Å². The van der Waals surface area contributed by atoms with Crippen molar-refractivity contribution in [2.45, 2.75) is 13.0 Å². The van der Waals surface area contributed by atoms with Crippen LogP contribution in [0.15, 0.2) is 4.99 Å². The van der Waals surface area contributed by atoms with E-state index in [9.17, 15) is 14.4 Å². The van der Waals surface area contributed by atoms with Gasteiger partial charge in [0.1, 0.15) is 12.1 Å². The number of aliphatic imine (C=N–C) groups is 1. The van der Waals surface area contributed by atoms with Gasteiger partial charge in [-0.2, -0.15) is 0 Å². The number of ether oxygens (including phenoxy) is 1. The van der Waals surface area contributed by atoms with Crippen molar-refractivity contribution < 1.29 is 19.1 Å². The van der Waals surface area contributed by atoms with Crippen molar-refractivity contribution in [2.75, 3.05) is 13.7 Å². The lowest BCUT2D eigenvalue weighted by molar-refractivity contribution is -0.134. The summed E-state index contributed by atoms with van der Waals surface area (Å²) in [6.45, 7) is 1.82. The zero-order valence-electron chi connectivity index (χ0n) is 9.39. The van der Waals surface area contributed by atoms with Crippen LogP contribution in [0, 0.1) is 5.41 Å². The van der Waals surface area contributed by atoms with Crippen molar-refractivity contribution in [3.8, 4) is 0 Å². The van der Waals surface area contributed by atoms with Crippen LogP contribution in [0.1, 0.15) is 6.92 Å². The summed E-state index contributed by atoms with van der Waals surface area (Å²) in [6.07, 6.45) is 0.825. The maximum Gasteiger partial charge on any atom is 0.348 e. The first kappa shape index (κ1) is 12.8. The highest BCUT2D eigenvalue weighted by atomic mass is 16.5. The van der Waals surface area contributed by atoms with Gasteiger partial charge in [-0.15, -0.1) is 0 Å². The number of carbonyl (C=O) groups excluding carboxylic acids is 3. The second-order valence-electron chi connectivity index (χ2n) is 3.17. The number of amides is 3. The normalized spacial score (nSPS) is 20.7. The number of nitrogens with zero attached hydrogens (tertiary/aromatic N) is 2. The van der Waals surface area contributed by atoms with Crippen molar-refractivity contribution >= 4 is 30.0 Å². The molecule has 1 atom stereocenters. The predicted octanol–water partition coefficient (Wildman–Crippen LogP) is -0.852. The molecule has 1 saturated heterocycles. The molecule has 8 heteroatoms. The molecule has 0 radical (unpaired) electrons. The Morgan fingerprint density at radius 3 is 2.88 bits per heavy atom. The molecule has 0 aliphatic carbocycles. The number of nitrogens with one attached hydrogen (secondary N) is 2. The fourth-order valence-electron chi connectivity index (χ4n) is 1.13. The van der Waals surface area contributed by atoms with Crippen LogP contribution in [-0.2, 0) is 14.3 Å². The molecule has 1 rings (SSSR count). The highest BCUT2D eigenvalue weighted by Gasteiger charge is 2.35. The molecular formula is C9H12N4O4. The summed E-state index contributed by atoms with van der Waals surface area (Å²) in [7, 11) is 1.33. The molecule has 2 N–H and O–H groups in total. The molecule has 1 aliphatic rings. The Morgan fingerprint density at radius 1 is 1.65 bits per heavy atom. The smallest absolute Gasteiger partial charge is 0.348 e. The van der Waals surface area contributed by atoms with E-state index < -0.39 is 23.9 Å². The van der Waals surface area contributed by atoms with Crippen molar-refractivity contribution in [3.05, 3.63) is 0 Å². The van der Waals surface area contributed by atoms with E-state index in [0.717, 1.165) is 11.1 Å². The van der Waals surface area contributed by atoms with Crippen molar-refractivity contribution in [3.63, 3.8) is 0 Å². The lowest BCUT2D eigenvalue weighted by atomic mass is 10.2. The van der Waals surface area contributed by atoms with E-state index >= 15 is 0 Å². The fourth-order valence-corrected chi connectivity index (χ4v) is 1.13. The third-order valence-corrected chi connectivity index (χ3v) is 2.02. The number of esters is 1. The topological polar surface area (TPSA) is 112 Å². The largest absolute Gasteiger partial charge is 0.462 e. The summed E-state index contributed by atoms with van der Waals surface area (Å²) in [4.78, 5) is 38.0. The quantitative estimate of drug-likeness (QED) is 0.494. The molecule has 0 spiro atoms. The number of hydrogen-bond acceptors (Lipinski definition) is 6. The van der Waals surface area contributed by atoms with Gasteiger partial charge < -0.3 is 4.74 Å². The summed E-state index contributed by atoms with van der Waals surface area (Å²) >= 11 is 0. The first-order valence-electron chi connectivity index (χ1n) is 4.84. The number of hydrogen-bond donors (Lipinski definition) is 2. The van der Waals surface area contributed by atoms with Gasteiger partial charge in [-0.1, -0.05) is 0 Å². The molecule has 0 aromatic heterocycles. The van der Waals surface area contributed by atoms with E-state index in [1.54, 1.807) is 6.92 Å². The lowest BCUT2D eigenvalue weighted by Gasteiger charge is -2.27. The van der Waals surface area contributed by atoms with Gasteiger partial charge in [0.05, 0.1) is 6.61 Å². The molecule has 1 heterocycles. The number of carbonyl (C=O) groups is 3. The molecule has 17 heavy (non-hydrogen) atoms. The molecule has 8 nitrogen and oxygen atoms in total. The Labute approximate surface area is 97.1 Å². The van der Waals surface area contributed by atoms with Crippen molar-refractivity contribution in [1.29, 1.82) is 5.41 Å². The molecule has 0 saturated carbocycles. The number of urea groups is 1. The molecular weight excluding hydrogens is 228 g/mol. The monoisotopic (exact) mass is 240 g/mol. The Hall–Kier alpha value is -2.25. The van der Waals surface area contributed by atoms with Gasteiger partial charge in [-0.25, -0.2) is 9.59 Å². The second-order valence-corrected chi connectivity index (χ2v) is 3.17. The number of rotatable bonds is 3. The number of amidine groups is 1. The standard InChI is InChI=1S/C9H12N4O4/c1-3-17-5(14)4-11-6-7(10)13(2)9(16)12-8(6)15/h4,6,10H,3H2,1-2H3,(H,12,15,16). The minimum Gasteiger partial charge on any atom is -0.462 e. The fraction of sp³-hybridized carbons (Fsp3) is 0.444. The minimum atomic E-state index is -1.21. The maximum absolute atomic E-state index is 11.4. The molecule has 1 aliphatic heterocycles. The van der Waals surface area contributed by atoms with Crippen LogP contribution in [-0.4, -0.2) is 54.6 Å². The summed E-state index contributed by atoms with van der Waals surface area (Å²) in [5.41, 5.74) is 0. The average Bonchev–Trinajstić information content (AvgIpc) is 2.26. The van der Waals surface area contributed by atoms with Crippen LogP contribution in [0.4, 0.5) is 4.79 Å². The molecule has 3 amide bonds. The van der Waals surface area contributed by atoms with Gasteiger partial charge in [0.25, 0.3) is 5.91 Å². The Kier molecular flexibility index (Phi) is 3.91. The SMILES string of the molecule is CCOC(=O)C=NC1C(=N)N(C)C(=O)NC1=O. The number of imide groups is 1. The third kappa shape index (κ3) is 2.86. The highest BCUT2D eigenvalue weighted by molar-refractivity contribution is 6.26. The van der Waals surface area contributed by atoms with Crippen molar-refractivity contribution in [2.24, 2.45) is 4.99 Å². The van der Waals surface area contributed by atoms with E-state index in [-0.39, 0.29) is 12.4 Å². The Morgan fingerprint density at radius 2 is 2.29 bits per heavy atom. The average molecular weight is 240 g/mol. The maximum atomic E-state index is 11.4. The minimum absolute atomic E-state index is 0.192. The Balaban J connectivity index is 2.76. The summed E-state index contributed by atoms with van der Waals surface area (Å²) in [5.74, 6) is -1.73. The molecule has 0 aromatic rings. The van der Waals surface area contributed by atoms with Gasteiger partial charge >= 0.3 is 12.0 Å². The zero-order chi connectivity index (χ0) is 13.0. The highest BCUT2D eigenvalue weighted by Crippen LogP contribution is 2.04. The summed E-state index contributed by atoms with van der Waals surface area (Å²) in [6, 6.07) is -1.90. The molecule has 1 fully saturated rings. The van der Waals surface area contributed by atoms with Gasteiger partial charge in [-0.05, 0) is 6.92 Å². The molecule has 92 valence electrons. The summed E-state index contributed by atoms with van der Waals surface area (Å²) in [5, 5.41) is 9.54. The van der Waals surface area contributed by atoms with Crippen LogP contribution in [0.5, 0.6) is 0 Å². The van der Waals surface area contributed by atoms with E-state index in [1.807, 2.05) is 5.32 Å². The van der Waals surface area contributed by atoms with Crippen molar-refractivity contribution in [1.82, 2.24) is 10.2 Å². The Bertz CT molecular complexity index is 404. The first-order valence-corrected chi connectivity index (χ1v) is 4.84. The van der Waals surface area contributed by atoms with Crippen LogP contribution in [0.25, 0.3) is 0 Å². The van der Waals surface area contributed by atoms with Crippen LogP contribution >= 0.6 is 0 Å². The first-order chi connectivity index (χ1) is 7.97. The second kappa shape index (κ2) is 5.19. The molecule has 1 unspecified atom stereocenters. The van der Waals surface area contributed by atoms with Crippen LogP contribution in [0.2, 0.25) is 0 Å². The number of likely N-dealkylation sites (N-methyl/N-ethyl adjacent to an activating group) is 1. The lowest BCUT2D eigenvalue weighted by Crippen LogP contribution is -2.58. The van der Waals surface area contributed by atoms with E-state index in [1.165, 1.54) is 7.05 Å². The van der Waals surface area contributed by atoms with Gasteiger partial charge in [0.15, 0.2) is 6.04 Å². The van der Waals surface area contributed by atoms with E-state index in [2.05, 4.69) is 9.73 Å². The molecule has 0 bridgehead atoms. The van der Waals surface area contributed by atoms with Crippen LogP contribution in [0.3, 0.4) is 0 Å². The van der Waals surface area contributed by atoms with Crippen LogP contribution < -0.4 is 5.32 Å². The zero-order valence-corrected chi connectivity index (χ0v) is 9.39. The van der Waals surface area contributed by atoms with Gasteiger partial charge in [0, 0.05) is 7.05 Å². The van der Waals surface area contributed by atoms with Gasteiger partial charge in [-0.3, -0.25) is 25.4 Å². The summed E-state index contributed by atoms with van der Waals surface area (Å²) < 4.78 is 4.58. The van der Waals surface area contributed by atoms with E-state index in [0.29, 0.717) is 0 Å². The molecule has 0 aromatic carbocycles. The third-order valence-electron chi connectivity index (χ3n) is 2.02.